The molecule has 2 rings (SSSR count). The van der Waals surface area contributed by atoms with Crippen LogP contribution in [0, 0.1) is 0 Å². The maximum Gasteiger partial charge on any atom is 0.407 e. The Labute approximate surface area is 196 Å². The van der Waals surface area contributed by atoms with Crippen molar-refractivity contribution in [2.45, 2.75) is 65.1 Å². The Morgan fingerprint density at radius 3 is 2.73 bits per heavy atom. The summed E-state index contributed by atoms with van der Waals surface area (Å²) in [6.45, 7) is 11.4. The van der Waals surface area contributed by atoms with E-state index in [0.717, 1.165) is 38.3 Å². The summed E-state index contributed by atoms with van der Waals surface area (Å²) in [4.78, 5) is 30.6. The number of halogens is 1. The minimum Gasteiger partial charge on any atom is -0.444 e. The Bertz CT molecular complexity index is 745. The molecule has 2 heterocycles. The number of amides is 1. The van der Waals surface area contributed by atoms with E-state index in [0.29, 0.717) is 19.6 Å². The van der Waals surface area contributed by atoms with Crippen LogP contribution in [0.25, 0.3) is 0 Å². The molecule has 8 nitrogen and oxygen atoms in total. The summed E-state index contributed by atoms with van der Waals surface area (Å²) >= 11 is 0. The number of carbonyl (C=O) groups is 1. The molecular weight excluding hydrogens is 497 g/mol. The van der Waals surface area contributed by atoms with Gasteiger partial charge < -0.3 is 24.8 Å². The number of carbonyl (C=O) groups excluding carboxylic acids is 1. The van der Waals surface area contributed by atoms with Crippen molar-refractivity contribution in [2.75, 3.05) is 26.2 Å². The second kappa shape index (κ2) is 12.8. The fraction of sp³-hybridized carbons (Fsp3) is 0.667. The molecule has 0 saturated carbocycles. The van der Waals surface area contributed by atoms with Gasteiger partial charge in [-0.1, -0.05) is 6.07 Å². The maximum absolute atomic E-state index is 12.0. The van der Waals surface area contributed by atoms with E-state index >= 15 is 0 Å². The van der Waals surface area contributed by atoms with Gasteiger partial charge in [0, 0.05) is 45.0 Å². The molecule has 0 bridgehead atoms. The van der Waals surface area contributed by atoms with Crippen LogP contribution in [0.15, 0.2) is 34.2 Å². The number of likely N-dealkylation sites (tertiary alicyclic amines) is 1. The smallest absolute Gasteiger partial charge is 0.407 e. The minimum absolute atomic E-state index is 0. The number of ether oxygens (including phenoxy) is 1. The lowest BCUT2D eigenvalue weighted by Crippen LogP contribution is -2.44. The van der Waals surface area contributed by atoms with E-state index in [4.69, 9.17) is 9.73 Å². The van der Waals surface area contributed by atoms with Crippen molar-refractivity contribution >= 4 is 36.0 Å². The zero-order chi connectivity index (χ0) is 21.3. The monoisotopic (exact) mass is 533 g/mol. The van der Waals surface area contributed by atoms with Gasteiger partial charge in [-0.3, -0.25) is 9.79 Å². The highest BCUT2D eigenvalue weighted by molar-refractivity contribution is 14.0. The molecule has 1 unspecified atom stereocenters. The zero-order valence-electron chi connectivity index (χ0n) is 18.5. The van der Waals surface area contributed by atoms with E-state index in [-0.39, 0.29) is 41.7 Å². The number of aryl methyl sites for hydroxylation is 1. The molecule has 0 aliphatic carbocycles. The molecule has 9 heteroatoms. The first-order chi connectivity index (χ1) is 13.8. The van der Waals surface area contributed by atoms with Gasteiger partial charge >= 0.3 is 6.09 Å². The van der Waals surface area contributed by atoms with Crippen molar-refractivity contribution in [1.82, 2.24) is 20.1 Å². The number of hydrogen-bond donors (Lipinski definition) is 2. The van der Waals surface area contributed by atoms with E-state index in [1.807, 2.05) is 40.0 Å². The molecule has 1 saturated heterocycles. The third kappa shape index (κ3) is 9.36. The molecular formula is C21H36IN5O3. The average Bonchev–Trinajstić information content (AvgIpc) is 3.08. The van der Waals surface area contributed by atoms with E-state index in [9.17, 15) is 9.59 Å². The summed E-state index contributed by atoms with van der Waals surface area (Å²) in [5, 5.41) is 6.28. The van der Waals surface area contributed by atoms with Crippen LogP contribution in [-0.2, 0) is 11.3 Å². The van der Waals surface area contributed by atoms with Crippen molar-refractivity contribution in [3.63, 3.8) is 0 Å². The van der Waals surface area contributed by atoms with Gasteiger partial charge in [0.1, 0.15) is 5.60 Å². The molecule has 1 aliphatic heterocycles. The molecule has 1 amide bonds. The molecule has 1 aromatic rings. The van der Waals surface area contributed by atoms with Gasteiger partial charge in [-0.15, -0.1) is 24.0 Å². The topological polar surface area (TPSA) is 88.0 Å². The minimum atomic E-state index is -0.496. The van der Waals surface area contributed by atoms with Crippen molar-refractivity contribution in [2.24, 2.45) is 4.99 Å². The first-order valence-corrected chi connectivity index (χ1v) is 10.5. The Balaban J connectivity index is 0.00000450. The van der Waals surface area contributed by atoms with Crippen LogP contribution in [0.1, 0.15) is 47.0 Å². The van der Waals surface area contributed by atoms with Crippen LogP contribution in [0.3, 0.4) is 0 Å². The Morgan fingerprint density at radius 2 is 2.07 bits per heavy atom. The molecule has 2 N–H and O–H groups in total. The first-order valence-electron chi connectivity index (χ1n) is 10.5. The number of nitrogens with one attached hydrogen (secondary N) is 2. The van der Waals surface area contributed by atoms with Crippen LogP contribution in [-0.4, -0.2) is 59.3 Å². The van der Waals surface area contributed by atoms with Crippen LogP contribution in [0.5, 0.6) is 0 Å². The molecule has 0 aromatic carbocycles. The lowest BCUT2D eigenvalue weighted by Gasteiger charge is -2.23. The molecule has 1 fully saturated rings. The van der Waals surface area contributed by atoms with Gasteiger partial charge in [0.25, 0.3) is 0 Å². The predicted octanol–water partition coefficient (Wildman–Crippen LogP) is 2.81. The van der Waals surface area contributed by atoms with Gasteiger partial charge in [-0.2, -0.15) is 0 Å². The van der Waals surface area contributed by atoms with Gasteiger partial charge in [0.05, 0.1) is 6.04 Å². The molecule has 1 atom stereocenters. The number of alkyl carbamates (subject to hydrolysis) is 1. The number of pyridine rings is 1. The van der Waals surface area contributed by atoms with Crippen molar-refractivity contribution in [1.29, 1.82) is 0 Å². The van der Waals surface area contributed by atoms with Gasteiger partial charge in [-0.25, -0.2) is 4.79 Å². The van der Waals surface area contributed by atoms with Gasteiger partial charge in [-0.05, 0) is 53.0 Å². The second-order valence-corrected chi connectivity index (χ2v) is 8.25. The average molecular weight is 533 g/mol. The third-order valence-corrected chi connectivity index (χ3v) is 4.51. The number of nitrogens with zero attached hydrogens (tertiary/aromatic N) is 3. The third-order valence-electron chi connectivity index (χ3n) is 4.51. The van der Waals surface area contributed by atoms with Crippen LogP contribution in [0.4, 0.5) is 4.79 Å². The first kappa shape index (κ1) is 26.3. The largest absolute Gasteiger partial charge is 0.444 e. The van der Waals surface area contributed by atoms with Gasteiger partial charge in [0.15, 0.2) is 5.96 Å². The number of aliphatic imine (C=N–C) groups is 1. The maximum atomic E-state index is 12.0. The van der Waals surface area contributed by atoms with Crippen LogP contribution >= 0.6 is 24.0 Å². The fourth-order valence-corrected chi connectivity index (χ4v) is 3.19. The number of aromatic nitrogens is 1. The predicted molar refractivity (Wildman–Crippen MR) is 131 cm³/mol. The summed E-state index contributed by atoms with van der Waals surface area (Å²) in [6, 6.07) is 5.26. The van der Waals surface area contributed by atoms with E-state index in [2.05, 4.69) is 15.5 Å². The summed E-state index contributed by atoms with van der Waals surface area (Å²) in [5.41, 5.74) is -0.464. The quantitative estimate of drug-likeness (QED) is 0.244. The fourth-order valence-electron chi connectivity index (χ4n) is 3.19. The molecule has 0 radical (unpaired) electrons. The van der Waals surface area contributed by atoms with Crippen molar-refractivity contribution in [3.8, 4) is 0 Å². The van der Waals surface area contributed by atoms with Crippen molar-refractivity contribution < 1.29 is 9.53 Å². The Kier molecular flexibility index (Phi) is 11.2. The zero-order valence-corrected chi connectivity index (χ0v) is 20.8. The van der Waals surface area contributed by atoms with E-state index < -0.39 is 5.60 Å². The SMILES string of the molecule is CCNC(=NCCCCn1ccccc1=O)N1CCC(NC(=O)OC(C)(C)C)C1.I. The highest BCUT2D eigenvalue weighted by Gasteiger charge is 2.27. The van der Waals surface area contributed by atoms with Crippen LogP contribution < -0.4 is 16.2 Å². The highest BCUT2D eigenvalue weighted by atomic mass is 127. The standard InChI is InChI=1S/C21H35N5O3.HI/c1-5-22-19(23-12-7-9-14-25-13-8-6-10-18(25)27)26-15-11-17(16-26)24-20(28)29-21(2,3)4;/h6,8,10,13,17H,5,7,9,11-12,14-16H2,1-4H3,(H,22,23)(H,24,28);1H. The lowest BCUT2D eigenvalue weighted by molar-refractivity contribution is 0.0507. The lowest BCUT2D eigenvalue weighted by atomic mass is 10.2. The normalized spacial score (nSPS) is 16.7. The molecule has 1 aromatic heterocycles. The summed E-state index contributed by atoms with van der Waals surface area (Å²) < 4.78 is 7.07. The van der Waals surface area contributed by atoms with E-state index in [1.54, 1.807) is 16.7 Å². The molecule has 1 aliphatic rings. The Morgan fingerprint density at radius 1 is 1.30 bits per heavy atom. The van der Waals surface area contributed by atoms with Crippen molar-refractivity contribution in [3.05, 3.63) is 34.7 Å². The highest BCUT2D eigenvalue weighted by Crippen LogP contribution is 2.12. The molecule has 170 valence electrons. The Hall–Kier alpha value is -1.78. The second-order valence-electron chi connectivity index (χ2n) is 8.25. The number of unbranched alkanes of at least 4 members (excludes halogenated alkanes) is 1. The summed E-state index contributed by atoms with van der Waals surface area (Å²) in [6.07, 6.45) is 4.11. The summed E-state index contributed by atoms with van der Waals surface area (Å²) in [7, 11) is 0. The van der Waals surface area contributed by atoms with E-state index in [1.165, 1.54) is 0 Å². The van der Waals surface area contributed by atoms with Gasteiger partial charge in [0.2, 0.25) is 5.56 Å². The molecule has 30 heavy (non-hydrogen) atoms. The molecule has 0 spiro atoms. The summed E-state index contributed by atoms with van der Waals surface area (Å²) in [5.74, 6) is 0.873. The number of rotatable bonds is 7. The number of guanidine groups is 1. The van der Waals surface area contributed by atoms with Crippen LogP contribution in [0.2, 0.25) is 0 Å². The number of hydrogen-bond acceptors (Lipinski definition) is 4.